The van der Waals surface area contributed by atoms with Gasteiger partial charge in [0.25, 0.3) is 0 Å². The quantitative estimate of drug-likeness (QED) is 0.895. The average Bonchev–Trinajstić information content (AvgIpc) is 2.42. The lowest BCUT2D eigenvalue weighted by molar-refractivity contribution is -0.117. The zero-order chi connectivity index (χ0) is 14.5. The number of hydrogen-bond donors (Lipinski definition) is 2. The van der Waals surface area contributed by atoms with Crippen LogP contribution in [-0.2, 0) is 4.79 Å². The van der Waals surface area contributed by atoms with Crippen molar-refractivity contribution in [1.29, 1.82) is 0 Å². The van der Waals surface area contributed by atoms with Gasteiger partial charge in [0.1, 0.15) is 5.82 Å². The third-order valence-electron chi connectivity index (χ3n) is 3.51. The number of likely N-dealkylation sites (tertiary alicyclic amines) is 1. The van der Waals surface area contributed by atoms with Crippen molar-refractivity contribution in [3.8, 4) is 0 Å². The highest BCUT2D eigenvalue weighted by atomic mass is 35.5. The van der Waals surface area contributed by atoms with Gasteiger partial charge in [-0.2, -0.15) is 0 Å². The minimum atomic E-state index is -0.421. The Kier molecular flexibility index (Phi) is 5.34. The molecule has 2 rings (SSSR count). The number of rotatable bonds is 4. The molecule has 1 aromatic rings. The Morgan fingerprint density at radius 1 is 1.55 bits per heavy atom. The zero-order valence-corrected chi connectivity index (χ0v) is 12.0. The number of carbonyl (C=O) groups is 1. The molecule has 6 heteroatoms. The van der Waals surface area contributed by atoms with Crippen molar-refractivity contribution in [3.63, 3.8) is 0 Å². The molecule has 0 spiro atoms. The summed E-state index contributed by atoms with van der Waals surface area (Å²) in [6.07, 6.45) is 2.19. The molecule has 1 atom stereocenters. The van der Waals surface area contributed by atoms with Crippen LogP contribution in [0.5, 0.6) is 0 Å². The largest absolute Gasteiger partial charge is 0.330 e. The molecule has 1 fully saturated rings. The fraction of sp³-hybridized carbons (Fsp3) is 0.500. The smallest absolute Gasteiger partial charge is 0.238 e. The van der Waals surface area contributed by atoms with Crippen molar-refractivity contribution in [2.45, 2.75) is 12.8 Å². The summed E-state index contributed by atoms with van der Waals surface area (Å²) in [6, 6.07) is 3.92. The van der Waals surface area contributed by atoms with Gasteiger partial charge in [0.05, 0.1) is 17.3 Å². The Bertz CT molecular complexity index is 483. The van der Waals surface area contributed by atoms with Crippen LogP contribution in [0.2, 0.25) is 5.02 Å². The van der Waals surface area contributed by atoms with Crippen LogP contribution in [0.3, 0.4) is 0 Å². The molecule has 1 aliphatic rings. The topological polar surface area (TPSA) is 58.4 Å². The minimum Gasteiger partial charge on any atom is -0.330 e. The molecule has 20 heavy (non-hydrogen) atoms. The van der Waals surface area contributed by atoms with Crippen molar-refractivity contribution >= 4 is 23.2 Å². The summed E-state index contributed by atoms with van der Waals surface area (Å²) in [6.45, 7) is 2.72. The molecule has 0 aliphatic carbocycles. The molecule has 110 valence electrons. The van der Waals surface area contributed by atoms with Gasteiger partial charge in [-0.3, -0.25) is 9.69 Å². The number of anilines is 1. The number of nitrogens with two attached hydrogens (primary N) is 1. The Hall–Kier alpha value is -1.17. The average molecular weight is 300 g/mol. The second-order valence-electron chi connectivity index (χ2n) is 5.15. The van der Waals surface area contributed by atoms with E-state index in [1.165, 1.54) is 18.2 Å². The summed E-state index contributed by atoms with van der Waals surface area (Å²) in [7, 11) is 0. The molecule has 1 heterocycles. The molecular weight excluding hydrogens is 281 g/mol. The maximum absolute atomic E-state index is 12.9. The zero-order valence-electron chi connectivity index (χ0n) is 11.2. The highest BCUT2D eigenvalue weighted by Gasteiger charge is 2.20. The third-order valence-corrected chi connectivity index (χ3v) is 3.82. The van der Waals surface area contributed by atoms with Crippen LogP contribution in [0.1, 0.15) is 12.8 Å². The summed E-state index contributed by atoms with van der Waals surface area (Å²) in [5.74, 6) is -0.100. The van der Waals surface area contributed by atoms with Gasteiger partial charge >= 0.3 is 0 Å². The van der Waals surface area contributed by atoms with E-state index in [2.05, 4.69) is 10.2 Å². The third kappa shape index (κ3) is 4.16. The molecule has 1 saturated heterocycles. The van der Waals surface area contributed by atoms with Crippen molar-refractivity contribution in [2.75, 3.05) is 31.5 Å². The van der Waals surface area contributed by atoms with Crippen LogP contribution < -0.4 is 11.1 Å². The van der Waals surface area contributed by atoms with E-state index in [0.29, 0.717) is 24.7 Å². The molecule has 1 aliphatic heterocycles. The van der Waals surface area contributed by atoms with Crippen molar-refractivity contribution < 1.29 is 9.18 Å². The molecule has 1 amide bonds. The number of nitrogens with one attached hydrogen (secondary N) is 1. The van der Waals surface area contributed by atoms with E-state index in [1.807, 2.05) is 0 Å². The molecule has 0 bridgehead atoms. The molecule has 4 nitrogen and oxygen atoms in total. The summed E-state index contributed by atoms with van der Waals surface area (Å²) >= 11 is 5.88. The monoisotopic (exact) mass is 299 g/mol. The maximum Gasteiger partial charge on any atom is 0.238 e. The van der Waals surface area contributed by atoms with Gasteiger partial charge in [-0.1, -0.05) is 11.6 Å². The van der Waals surface area contributed by atoms with Crippen LogP contribution in [0.15, 0.2) is 18.2 Å². The summed E-state index contributed by atoms with van der Waals surface area (Å²) in [5, 5.41) is 2.91. The normalized spacial score (nSPS) is 19.9. The predicted octanol–water partition coefficient (Wildman–Crippen LogP) is 2.09. The molecule has 0 aromatic heterocycles. The van der Waals surface area contributed by atoms with Crippen LogP contribution in [0.4, 0.5) is 10.1 Å². The molecule has 3 N–H and O–H groups in total. The van der Waals surface area contributed by atoms with Crippen LogP contribution >= 0.6 is 11.6 Å². The minimum absolute atomic E-state index is 0.142. The van der Waals surface area contributed by atoms with E-state index >= 15 is 0 Å². The molecular formula is C14H19ClFN3O. The number of halogens is 2. The lowest BCUT2D eigenvalue weighted by Crippen LogP contribution is -2.42. The Morgan fingerprint density at radius 3 is 3.05 bits per heavy atom. The Morgan fingerprint density at radius 2 is 2.35 bits per heavy atom. The number of piperidine rings is 1. The van der Waals surface area contributed by atoms with E-state index in [-0.39, 0.29) is 10.9 Å². The lowest BCUT2D eigenvalue weighted by Gasteiger charge is -2.31. The summed E-state index contributed by atoms with van der Waals surface area (Å²) in [4.78, 5) is 14.1. The van der Waals surface area contributed by atoms with Gasteiger partial charge in [0, 0.05) is 6.54 Å². The lowest BCUT2D eigenvalue weighted by atomic mass is 9.98. The first kappa shape index (κ1) is 15.2. The second kappa shape index (κ2) is 7.02. The number of benzene rings is 1. The fourth-order valence-electron chi connectivity index (χ4n) is 2.47. The highest BCUT2D eigenvalue weighted by molar-refractivity contribution is 6.33. The van der Waals surface area contributed by atoms with Crippen LogP contribution in [0.25, 0.3) is 0 Å². The van der Waals surface area contributed by atoms with E-state index in [0.717, 1.165) is 25.9 Å². The van der Waals surface area contributed by atoms with E-state index in [9.17, 15) is 9.18 Å². The highest BCUT2D eigenvalue weighted by Crippen LogP contribution is 2.22. The van der Waals surface area contributed by atoms with Crippen LogP contribution in [-0.4, -0.2) is 37.0 Å². The van der Waals surface area contributed by atoms with Crippen molar-refractivity contribution in [3.05, 3.63) is 29.0 Å². The van der Waals surface area contributed by atoms with Crippen molar-refractivity contribution in [2.24, 2.45) is 11.7 Å². The molecule has 0 saturated carbocycles. The molecule has 1 unspecified atom stereocenters. The first-order chi connectivity index (χ1) is 9.58. The van der Waals surface area contributed by atoms with Crippen molar-refractivity contribution in [1.82, 2.24) is 4.90 Å². The first-order valence-electron chi connectivity index (χ1n) is 6.76. The fourth-order valence-corrected chi connectivity index (χ4v) is 2.69. The van der Waals surface area contributed by atoms with E-state index < -0.39 is 5.82 Å². The molecule has 1 aromatic carbocycles. The van der Waals surface area contributed by atoms with Crippen LogP contribution in [0, 0.1) is 11.7 Å². The number of amides is 1. The van der Waals surface area contributed by atoms with Gasteiger partial charge in [0.2, 0.25) is 5.91 Å². The van der Waals surface area contributed by atoms with Gasteiger partial charge in [-0.25, -0.2) is 4.39 Å². The summed E-state index contributed by atoms with van der Waals surface area (Å²) in [5.41, 5.74) is 6.11. The Labute approximate surface area is 123 Å². The SMILES string of the molecule is NCC1CCCN(CC(=O)Nc2ccc(F)cc2Cl)C1. The summed E-state index contributed by atoms with van der Waals surface area (Å²) < 4.78 is 12.9. The number of hydrogen-bond acceptors (Lipinski definition) is 3. The second-order valence-corrected chi connectivity index (χ2v) is 5.56. The number of carbonyl (C=O) groups excluding carboxylic acids is 1. The molecule has 0 radical (unpaired) electrons. The number of nitrogens with zero attached hydrogens (tertiary/aromatic N) is 1. The maximum atomic E-state index is 12.9. The predicted molar refractivity (Wildman–Crippen MR) is 78.3 cm³/mol. The van der Waals surface area contributed by atoms with Gasteiger partial charge in [-0.05, 0) is 50.0 Å². The Balaban J connectivity index is 1.88. The van der Waals surface area contributed by atoms with E-state index in [1.54, 1.807) is 0 Å². The standard InChI is InChI=1S/C14H19ClFN3O/c15-12-6-11(16)3-4-13(12)18-14(20)9-19-5-1-2-10(7-17)8-19/h3-4,6,10H,1-2,5,7-9,17H2,(H,18,20). The first-order valence-corrected chi connectivity index (χ1v) is 7.13. The van der Waals surface area contributed by atoms with E-state index in [4.69, 9.17) is 17.3 Å². The van der Waals surface area contributed by atoms with Gasteiger partial charge < -0.3 is 11.1 Å². The van der Waals surface area contributed by atoms with Gasteiger partial charge in [0.15, 0.2) is 0 Å². The van der Waals surface area contributed by atoms with Gasteiger partial charge in [-0.15, -0.1) is 0 Å².